The highest BCUT2D eigenvalue weighted by atomic mass is 16.6. The molecular weight excluding hydrogens is 973 g/mol. The molecule has 0 saturated carbocycles. The van der Waals surface area contributed by atoms with Crippen molar-refractivity contribution in [2.24, 2.45) is 0 Å². The molecule has 0 fully saturated rings. The maximum atomic E-state index is 12.8. The molecule has 6 heteroatoms. The molecule has 0 saturated heterocycles. The summed E-state index contributed by atoms with van der Waals surface area (Å²) < 4.78 is 16.8. The van der Waals surface area contributed by atoms with E-state index < -0.39 is 6.10 Å². The lowest BCUT2D eigenvalue weighted by atomic mass is 10.0. The molecule has 79 heavy (non-hydrogen) atoms. The molecule has 1 unspecified atom stereocenters. The highest BCUT2D eigenvalue weighted by molar-refractivity contribution is 5.71. The van der Waals surface area contributed by atoms with Crippen LogP contribution < -0.4 is 0 Å². The normalized spacial score (nSPS) is 12.0. The van der Waals surface area contributed by atoms with E-state index in [1.165, 1.54) is 315 Å². The molecule has 0 aliphatic heterocycles. The zero-order valence-corrected chi connectivity index (χ0v) is 53.9. The van der Waals surface area contributed by atoms with Crippen LogP contribution in [-0.4, -0.2) is 37.2 Å². The summed E-state index contributed by atoms with van der Waals surface area (Å²) in [4.78, 5) is 38.0. The molecule has 6 nitrogen and oxygen atoms in total. The van der Waals surface area contributed by atoms with Gasteiger partial charge < -0.3 is 14.2 Å². The summed E-state index contributed by atoms with van der Waals surface area (Å²) in [6, 6.07) is 0. The van der Waals surface area contributed by atoms with Crippen molar-refractivity contribution in [3.05, 3.63) is 12.2 Å². The molecule has 0 aromatic rings. The van der Waals surface area contributed by atoms with Crippen LogP contribution in [-0.2, 0) is 28.6 Å². The number of hydrogen-bond donors (Lipinski definition) is 0. The second-order valence-corrected chi connectivity index (χ2v) is 24.9. The van der Waals surface area contributed by atoms with Crippen LogP contribution in [0, 0.1) is 0 Å². The lowest BCUT2D eigenvalue weighted by molar-refractivity contribution is -0.167. The van der Waals surface area contributed by atoms with Crippen LogP contribution in [0.1, 0.15) is 419 Å². The van der Waals surface area contributed by atoms with E-state index in [1.54, 1.807) is 0 Å². The Hall–Kier alpha value is -1.85. The summed E-state index contributed by atoms with van der Waals surface area (Å²) >= 11 is 0. The first-order chi connectivity index (χ1) is 39.0. The van der Waals surface area contributed by atoms with Gasteiger partial charge in [0.05, 0.1) is 0 Å². The lowest BCUT2D eigenvalue weighted by Crippen LogP contribution is -2.30. The molecule has 0 aliphatic rings. The number of hydrogen-bond acceptors (Lipinski definition) is 6. The van der Waals surface area contributed by atoms with Gasteiger partial charge in [0.25, 0.3) is 0 Å². The fourth-order valence-electron chi connectivity index (χ4n) is 11.3. The molecule has 0 spiro atoms. The van der Waals surface area contributed by atoms with Gasteiger partial charge in [0.15, 0.2) is 6.10 Å². The number of rotatable bonds is 68. The van der Waals surface area contributed by atoms with Crippen molar-refractivity contribution in [1.82, 2.24) is 0 Å². The number of esters is 3. The lowest BCUT2D eigenvalue weighted by Gasteiger charge is -2.18. The zero-order valence-electron chi connectivity index (χ0n) is 53.9. The fraction of sp³-hybridized carbons (Fsp3) is 0.932. The van der Waals surface area contributed by atoms with Gasteiger partial charge >= 0.3 is 17.9 Å². The number of ether oxygens (including phenoxy) is 3. The van der Waals surface area contributed by atoms with Crippen LogP contribution in [0.3, 0.4) is 0 Å². The van der Waals surface area contributed by atoms with Crippen LogP contribution in [0.25, 0.3) is 0 Å². The minimum Gasteiger partial charge on any atom is -0.462 e. The van der Waals surface area contributed by atoms with Gasteiger partial charge in [-0.15, -0.1) is 0 Å². The maximum Gasteiger partial charge on any atom is 0.306 e. The summed E-state index contributed by atoms with van der Waals surface area (Å²) in [7, 11) is 0. The van der Waals surface area contributed by atoms with Gasteiger partial charge in [0, 0.05) is 19.3 Å². The van der Waals surface area contributed by atoms with Gasteiger partial charge in [0.2, 0.25) is 0 Å². The van der Waals surface area contributed by atoms with Gasteiger partial charge in [-0.05, 0) is 44.9 Å². The van der Waals surface area contributed by atoms with E-state index in [9.17, 15) is 14.4 Å². The highest BCUT2D eigenvalue weighted by Gasteiger charge is 2.19. The summed E-state index contributed by atoms with van der Waals surface area (Å²) in [5.41, 5.74) is 0. The average molecular weight is 1110 g/mol. The maximum absolute atomic E-state index is 12.8. The first kappa shape index (κ1) is 77.2. The van der Waals surface area contributed by atoms with Crippen LogP contribution in [0.2, 0.25) is 0 Å². The monoisotopic (exact) mass is 1110 g/mol. The summed E-state index contributed by atoms with van der Waals surface area (Å²) in [5, 5.41) is 0. The van der Waals surface area contributed by atoms with Crippen molar-refractivity contribution in [3.63, 3.8) is 0 Å². The molecule has 0 radical (unpaired) electrons. The molecule has 0 heterocycles. The SMILES string of the molecule is CCCCCCCCCC/C=C\CCCCCCCCCCCC(=O)OC(COC(=O)CCCCCCC)COC(=O)CCCCCCCCCCCCCCCCCCCCCCCCCCCCCCCCCCCCC. The van der Waals surface area contributed by atoms with E-state index in [1.807, 2.05) is 0 Å². The number of carbonyl (C=O) groups excluding carboxylic acids is 3. The van der Waals surface area contributed by atoms with Crippen LogP contribution in [0.5, 0.6) is 0 Å². The topological polar surface area (TPSA) is 78.9 Å². The van der Waals surface area contributed by atoms with Crippen molar-refractivity contribution in [1.29, 1.82) is 0 Å². The Morgan fingerprint density at radius 3 is 0.633 bits per heavy atom. The fourth-order valence-corrected chi connectivity index (χ4v) is 11.3. The molecule has 468 valence electrons. The van der Waals surface area contributed by atoms with Crippen molar-refractivity contribution in [3.8, 4) is 0 Å². The minimum atomic E-state index is -0.765. The van der Waals surface area contributed by atoms with Crippen LogP contribution in [0.15, 0.2) is 12.2 Å². The summed E-state index contributed by atoms with van der Waals surface area (Å²) in [6.07, 6.45) is 83.3. The second-order valence-electron chi connectivity index (χ2n) is 24.9. The molecule has 0 bridgehead atoms. The Labute approximate surface area is 494 Å². The number of carbonyl (C=O) groups is 3. The molecular formula is C73H140O6. The molecule has 0 rings (SSSR count). The third kappa shape index (κ3) is 66.8. The van der Waals surface area contributed by atoms with Gasteiger partial charge in [-0.3, -0.25) is 14.4 Å². The van der Waals surface area contributed by atoms with E-state index in [0.29, 0.717) is 19.3 Å². The van der Waals surface area contributed by atoms with E-state index in [0.717, 1.165) is 64.2 Å². The Bertz CT molecular complexity index is 1230. The van der Waals surface area contributed by atoms with E-state index in [2.05, 4.69) is 32.9 Å². The summed E-state index contributed by atoms with van der Waals surface area (Å²) in [6.45, 7) is 6.63. The molecule has 0 N–H and O–H groups in total. The quantitative estimate of drug-likeness (QED) is 0.0261. The van der Waals surface area contributed by atoms with Gasteiger partial charge in [0.1, 0.15) is 13.2 Å². The van der Waals surface area contributed by atoms with Crippen molar-refractivity contribution < 1.29 is 28.6 Å². The predicted molar refractivity (Wildman–Crippen MR) is 344 cm³/mol. The Morgan fingerprint density at radius 2 is 0.418 bits per heavy atom. The molecule has 0 aromatic heterocycles. The van der Waals surface area contributed by atoms with Crippen molar-refractivity contribution >= 4 is 17.9 Å². The second kappa shape index (κ2) is 68.6. The first-order valence-corrected chi connectivity index (χ1v) is 36.2. The Kier molecular flexibility index (Phi) is 67.0. The Balaban J connectivity index is 3.84. The molecule has 0 aromatic carbocycles. The van der Waals surface area contributed by atoms with E-state index >= 15 is 0 Å². The molecule has 0 aliphatic carbocycles. The zero-order chi connectivity index (χ0) is 57.1. The first-order valence-electron chi connectivity index (χ1n) is 36.2. The van der Waals surface area contributed by atoms with Crippen molar-refractivity contribution in [2.75, 3.05) is 13.2 Å². The third-order valence-corrected chi connectivity index (χ3v) is 16.8. The Morgan fingerprint density at radius 1 is 0.241 bits per heavy atom. The standard InChI is InChI=1S/C73H140O6/c1-4-7-10-13-15-17-19-21-23-25-27-29-30-31-32-33-34-35-36-37-38-39-40-41-42-44-45-47-49-51-53-55-57-60-63-66-72(75)78-69-70(68-77-71(74)65-62-59-12-9-6-3)79-73(76)67-64-61-58-56-54-52-50-48-46-43-28-26-24-22-20-18-16-14-11-8-5-2/h26,28,70H,4-25,27,29-69H2,1-3H3/b28-26-. The van der Waals surface area contributed by atoms with Crippen molar-refractivity contribution in [2.45, 2.75) is 425 Å². The van der Waals surface area contributed by atoms with E-state index in [-0.39, 0.29) is 31.1 Å². The third-order valence-electron chi connectivity index (χ3n) is 16.8. The van der Waals surface area contributed by atoms with Gasteiger partial charge in [-0.25, -0.2) is 0 Å². The molecule has 0 amide bonds. The smallest absolute Gasteiger partial charge is 0.306 e. The van der Waals surface area contributed by atoms with Gasteiger partial charge in [-0.1, -0.05) is 367 Å². The highest BCUT2D eigenvalue weighted by Crippen LogP contribution is 2.19. The molecule has 1 atom stereocenters. The van der Waals surface area contributed by atoms with Gasteiger partial charge in [-0.2, -0.15) is 0 Å². The number of allylic oxidation sites excluding steroid dienone is 2. The number of unbranched alkanes of at least 4 members (excludes halogenated alkanes) is 55. The van der Waals surface area contributed by atoms with Crippen LogP contribution >= 0.6 is 0 Å². The predicted octanol–water partition coefficient (Wildman–Crippen LogP) is 24.8. The minimum absolute atomic E-state index is 0.0658. The van der Waals surface area contributed by atoms with Crippen LogP contribution in [0.4, 0.5) is 0 Å². The summed E-state index contributed by atoms with van der Waals surface area (Å²) in [5.74, 6) is -0.854. The average Bonchev–Trinajstić information content (AvgIpc) is 3.45. The van der Waals surface area contributed by atoms with E-state index in [4.69, 9.17) is 14.2 Å². The largest absolute Gasteiger partial charge is 0.462 e.